The fourth-order valence-corrected chi connectivity index (χ4v) is 2.29. The summed E-state index contributed by atoms with van der Waals surface area (Å²) in [5, 5.41) is 0.896. The van der Waals surface area contributed by atoms with E-state index in [1.807, 2.05) is 13.8 Å². The molecule has 0 saturated heterocycles. The lowest BCUT2D eigenvalue weighted by Crippen LogP contribution is -2.22. The zero-order valence-electron chi connectivity index (χ0n) is 8.25. The number of hydrogen-bond acceptors (Lipinski definition) is 4. The molecular formula is C9H9N3O2S. The second-order valence-electron chi connectivity index (χ2n) is 3.13. The predicted molar refractivity (Wildman–Crippen MR) is 58.3 cm³/mol. The molecule has 0 amide bonds. The van der Waals surface area contributed by atoms with Crippen LogP contribution in [0.25, 0.3) is 10.4 Å². The van der Waals surface area contributed by atoms with Crippen LogP contribution in [0.1, 0.15) is 10.7 Å². The van der Waals surface area contributed by atoms with Crippen molar-refractivity contribution >= 4 is 11.3 Å². The molecule has 2 aromatic heterocycles. The lowest BCUT2D eigenvalue weighted by molar-refractivity contribution is 1.04. The molecule has 5 nitrogen and oxygen atoms in total. The highest BCUT2D eigenvalue weighted by Gasteiger charge is 2.10. The smallest absolute Gasteiger partial charge is 0.313 e. The van der Waals surface area contributed by atoms with Crippen LogP contribution >= 0.6 is 11.3 Å². The molecule has 0 aliphatic heterocycles. The zero-order chi connectivity index (χ0) is 11.0. The Morgan fingerprint density at radius 2 is 2.07 bits per heavy atom. The number of hydrogen-bond donors (Lipinski definition) is 2. The maximum Gasteiger partial charge on any atom is 0.325 e. The number of thiazole rings is 1. The molecule has 0 aromatic carbocycles. The highest BCUT2D eigenvalue weighted by atomic mass is 32.1. The van der Waals surface area contributed by atoms with Crippen LogP contribution in [0.3, 0.4) is 0 Å². The van der Waals surface area contributed by atoms with Gasteiger partial charge in [-0.15, -0.1) is 11.3 Å². The van der Waals surface area contributed by atoms with E-state index in [1.165, 1.54) is 17.5 Å². The first-order valence-electron chi connectivity index (χ1n) is 4.34. The van der Waals surface area contributed by atoms with E-state index in [-0.39, 0.29) is 5.56 Å². The van der Waals surface area contributed by atoms with E-state index >= 15 is 0 Å². The van der Waals surface area contributed by atoms with E-state index in [0.717, 1.165) is 15.6 Å². The summed E-state index contributed by atoms with van der Waals surface area (Å²) in [7, 11) is 0. The number of H-pyrrole nitrogens is 2. The van der Waals surface area contributed by atoms with Crippen molar-refractivity contribution < 1.29 is 0 Å². The van der Waals surface area contributed by atoms with Crippen molar-refractivity contribution in [1.29, 1.82) is 0 Å². The maximum atomic E-state index is 11.5. The van der Waals surface area contributed by atoms with Gasteiger partial charge in [0.25, 0.3) is 5.56 Å². The van der Waals surface area contributed by atoms with Gasteiger partial charge in [0.15, 0.2) is 0 Å². The number of aromatic amines is 2. The molecule has 0 fully saturated rings. The average Bonchev–Trinajstić information content (AvgIpc) is 2.45. The molecule has 78 valence electrons. The minimum atomic E-state index is -0.498. The maximum absolute atomic E-state index is 11.5. The van der Waals surface area contributed by atoms with Gasteiger partial charge in [-0.2, -0.15) is 0 Å². The minimum absolute atomic E-state index is 0.384. The van der Waals surface area contributed by atoms with Gasteiger partial charge in [-0.3, -0.25) is 9.78 Å². The quantitative estimate of drug-likeness (QED) is 0.750. The zero-order valence-corrected chi connectivity index (χ0v) is 9.07. The van der Waals surface area contributed by atoms with Gasteiger partial charge < -0.3 is 4.98 Å². The summed E-state index contributed by atoms with van der Waals surface area (Å²) in [4.78, 5) is 32.0. The molecule has 6 heteroatoms. The predicted octanol–water partition coefficient (Wildman–Crippen LogP) is 0.804. The Morgan fingerprint density at radius 3 is 2.60 bits per heavy atom. The van der Waals surface area contributed by atoms with Crippen molar-refractivity contribution in [2.45, 2.75) is 13.8 Å². The lowest BCUT2D eigenvalue weighted by atomic mass is 10.2. The van der Waals surface area contributed by atoms with Crippen molar-refractivity contribution in [2.24, 2.45) is 0 Å². The van der Waals surface area contributed by atoms with Crippen LogP contribution in [0.2, 0.25) is 0 Å². The summed E-state index contributed by atoms with van der Waals surface area (Å²) in [6, 6.07) is 0. The molecule has 0 aliphatic carbocycles. The van der Waals surface area contributed by atoms with Gasteiger partial charge in [0.05, 0.1) is 21.1 Å². The number of rotatable bonds is 1. The van der Waals surface area contributed by atoms with E-state index in [2.05, 4.69) is 15.0 Å². The van der Waals surface area contributed by atoms with E-state index in [4.69, 9.17) is 0 Å². The SMILES string of the molecule is Cc1nc(C)c(-c2c[nH]c(=O)[nH]c2=O)s1. The summed E-state index contributed by atoms with van der Waals surface area (Å²) in [6.07, 6.45) is 1.42. The highest BCUT2D eigenvalue weighted by molar-refractivity contribution is 7.15. The van der Waals surface area contributed by atoms with Crippen molar-refractivity contribution in [1.82, 2.24) is 15.0 Å². The molecule has 0 unspecified atom stereocenters. The first kappa shape index (κ1) is 9.85. The van der Waals surface area contributed by atoms with Crippen molar-refractivity contribution in [3.05, 3.63) is 37.7 Å². The Kier molecular flexibility index (Phi) is 2.28. The Hall–Kier alpha value is -1.69. The minimum Gasteiger partial charge on any atom is -0.313 e. The molecule has 15 heavy (non-hydrogen) atoms. The van der Waals surface area contributed by atoms with Crippen LogP contribution < -0.4 is 11.2 Å². The number of nitrogens with zero attached hydrogens (tertiary/aromatic N) is 1. The van der Waals surface area contributed by atoms with Gasteiger partial charge in [0, 0.05) is 6.20 Å². The topological polar surface area (TPSA) is 78.6 Å². The van der Waals surface area contributed by atoms with Crippen LogP contribution in [0.5, 0.6) is 0 Å². The molecule has 0 bridgehead atoms. The van der Waals surface area contributed by atoms with Crippen molar-refractivity contribution in [2.75, 3.05) is 0 Å². The molecule has 0 radical (unpaired) electrons. The molecule has 2 rings (SSSR count). The first-order valence-corrected chi connectivity index (χ1v) is 5.16. The molecule has 2 heterocycles. The molecule has 0 aliphatic rings. The fraction of sp³-hybridized carbons (Fsp3) is 0.222. The summed E-state index contributed by atoms with van der Waals surface area (Å²) in [5.74, 6) is 0. The van der Waals surface area contributed by atoms with Gasteiger partial charge in [-0.1, -0.05) is 0 Å². The van der Waals surface area contributed by atoms with Gasteiger partial charge in [0.1, 0.15) is 0 Å². The average molecular weight is 223 g/mol. The van der Waals surface area contributed by atoms with Crippen LogP contribution in [0, 0.1) is 13.8 Å². The number of nitrogens with one attached hydrogen (secondary N) is 2. The molecule has 2 N–H and O–H groups in total. The van der Waals surface area contributed by atoms with Gasteiger partial charge in [0.2, 0.25) is 0 Å². The lowest BCUT2D eigenvalue weighted by Gasteiger charge is -1.95. The summed E-state index contributed by atoms with van der Waals surface area (Å²) >= 11 is 1.43. The standard InChI is InChI=1S/C9H9N3O2S/c1-4-7(15-5(2)11-4)6-3-10-9(14)12-8(6)13/h3H,1-2H3,(H2,10,12,13,14). The van der Waals surface area contributed by atoms with Crippen LogP contribution in [-0.4, -0.2) is 15.0 Å². The molecular weight excluding hydrogens is 214 g/mol. The van der Waals surface area contributed by atoms with Crippen molar-refractivity contribution in [3.63, 3.8) is 0 Å². The Balaban J connectivity index is 2.69. The van der Waals surface area contributed by atoms with Gasteiger partial charge >= 0.3 is 5.69 Å². The third-order valence-electron chi connectivity index (χ3n) is 1.97. The highest BCUT2D eigenvalue weighted by Crippen LogP contribution is 2.25. The Bertz CT molecular complexity index is 608. The molecule has 0 atom stereocenters. The molecule has 0 saturated carbocycles. The molecule has 0 spiro atoms. The van der Waals surface area contributed by atoms with Gasteiger partial charge in [-0.25, -0.2) is 9.78 Å². The first-order chi connectivity index (χ1) is 7.08. The monoisotopic (exact) mass is 223 g/mol. The van der Waals surface area contributed by atoms with E-state index < -0.39 is 5.69 Å². The van der Waals surface area contributed by atoms with E-state index in [0.29, 0.717) is 5.56 Å². The summed E-state index contributed by atoms with van der Waals surface area (Å²) < 4.78 is 0. The van der Waals surface area contributed by atoms with E-state index in [1.54, 1.807) is 0 Å². The second-order valence-corrected chi connectivity index (χ2v) is 4.34. The number of aryl methyl sites for hydroxylation is 2. The summed E-state index contributed by atoms with van der Waals surface area (Å²) in [6.45, 7) is 3.71. The van der Waals surface area contributed by atoms with Crippen LogP contribution in [0.4, 0.5) is 0 Å². The van der Waals surface area contributed by atoms with Gasteiger partial charge in [-0.05, 0) is 13.8 Å². The van der Waals surface area contributed by atoms with Crippen molar-refractivity contribution in [3.8, 4) is 10.4 Å². The Labute approximate surface area is 88.8 Å². The van der Waals surface area contributed by atoms with Crippen LogP contribution in [0.15, 0.2) is 15.8 Å². The second kappa shape index (κ2) is 3.47. The normalized spacial score (nSPS) is 10.5. The van der Waals surface area contributed by atoms with E-state index in [9.17, 15) is 9.59 Å². The number of aromatic nitrogens is 3. The largest absolute Gasteiger partial charge is 0.325 e. The Morgan fingerprint density at radius 1 is 1.33 bits per heavy atom. The fourth-order valence-electron chi connectivity index (χ4n) is 1.36. The van der Waals surface area contributed by atoms with Crippen LogP contribution in [-0.2, 0) is 0 Å². The summed E-state index contributed by atoms with van der Waals surface area (Å²) in [5.41, 5.74) is 0.376. The molecule has 2 aromatic rings. The third kappa shape index (κ3) is 1.75. The third-order valence-corrected chi connectivity index (χ3v) is 3.07.